The molecule has 0 atom stereocenters. The van der Waals surface area contributed by atoms with Gasteiger partial charge in [-0.2, -0.15) is 5.10 Å². The lowest BCUT2D eigenvalue weighted by Crippen LogP contribution is -2.03. The summed E-state index contributed by atoms with van der Waals surface area (Å²) in [7, 11) is 0. The Balaban J connectivity index is 2.00. The molecule has 2 aromatic carbocycles. The maximum atomic E-state index is 6.33. The second-order valence-corrected chi connectivity index (χ2v) is 6.99. The van der Waals surface area contributed by atoms with E-state index in [1.54, 1.807) is 18.2 Å². The minimum absolute atomic E-state index is 0.555. The van der Waals surface area contributed by atoms with E-state index in [-0.39, 0.29) is 0 Å². The molecule has 134 valence electrons. The van der Waals surface area contributed by atoms with Crippen molar-refractivity contribution in [3.8, 4) is 11.3 Å². The van der Waals surface area contributed by atoms with Crippen LogP contribution in [-0.4, -0.2) is 10.9 Å². The molecule has 0 aliphatic carbocycles. The van der Waals surface area contributed by atoms with E-state index in [4.69, 9.17) is 27.7 Å². The van der Waals surface area contributed by atoms with E-state index in [9.17, 15) is 0 Å². The van der Waals surface area contributed by atoms with Crippen LogP contribution in [0, 0.1) is 20.8 Å². The Labute approximate surface area is 162 Å². The van der Waals surface area contributed by atoms with Gasteiger partial charge in [0.2, 0.25) is 0 Å². The van der Waals surface area contributed by atoms with Gasteiger partial charge in [0.25, 0.3) is 0 Å². The number of hydrogen-bond acceptors (Lipinski definition) is 4. The Hall–Kier alpha value is -2.30. The van der Waals surface area contributed by atoms with Crippen molar-refractivity contribution in [1.82, 2.24) is 5.16 Å². The fraction of sp³-hybridized carbons (Fsp3) is 0.200. The van der Waals surface area contributed by atoms with Gasteiger partial charge < -0.3 is 4.52 Å². The molecule has 0 aliphatic heterocycles. The maximum absolute atomic E-state index is 6.33. The third kappa shape index (κ3) is 3.62. The van der Waals surface area contributed by atoms with E-state index in [0.29, 0.717) is 27.1 Å². The summed E-state index contributed by atoms with van der Waals surface area (Å²) < 4.78 is 5.40. The van der Waals surface area contributed by atoms with Crippen molar-refractivity contribution in [2.24, 2.45) is 5.10 Å². The Morgan fingerprint density at radius 2 is 1.88 bits per heavy atom. The molecule has 0 unspecified atom stereocenters. The van der Waals surface area contributed by atoms with E-state index in [2.05, 4.69) is 35.6 Å². The molecular weight excluding hydrogens is 369 g/mol. The van der Waals surface area contributed by atoms with E-state index in [1.807, 2.05) is 26.0 Å². The van der Waals surface area contributed by atoms with Crippen molar-refractivity contribution >= 4 is 34.6 Å². The summed E-state index contributed by atoms with van der Waals surface area (Å²) in [4.78, 5) is 0. The Morgan fingerprint density at radius 1 is 1.12 bits per heavy atom. The van der Waals surface area contributed by atoms with Gasteiger partial charge in [0, 0.05) is 10.6 Å². The second-order valence-electron chi connectivity index (χ2n) is 6.14. The number of hydrogen-bond donors (Lipinski definition) is 1. The van der Waals surface area contributed by atoms with Gasteiger partial charge in [0.05, 0.1) is 22.0 Å². The SMILES string of the molecule is C/C(=N/Nc1cccc(C)c1C)c1c(-c2cc(Cl)ccc2Cl)noc1C. The van der Waals surface area contributed by atoms with Crippen LogP contribution in [0.1, 0.15) is 29.4 Å². The summed E-state index contributed by atoms with van der Waals surface area (Å²) in [5.74, 6) is 0.667. The van der Waals surface area contributed by atoms with Crippen LogP contribution < -0.4 is 5.43 Å². The highest BCUT2D eigenvalue weighted by Crippen LogP contribution is 2.33. The lowest BCUT2D eigenvalue weighted by molar-refractivity contribution is 0.399. The lowest BCUT2D eigenvalue weighted by atomic mass is 10.0. The molecule has 0 radical (unpaired) electrons. The van der Waals surface area contributed by atoms with Crippen molar-refractivity contribution in [2.75, 3.05) is 5.43 Å². The lowest BCUT2D eigenvalue weighted by Gasteiger charge is -2.09. The summed E-state index contributed by atoms with van der Waals surface area (Å²) in [6, 6.07) is 11.3. The zero-order valence-corrected chi connectivity index (χ0v) is 16.5. The van der Waals surface area contributed by atoms with Gasteiger partial charge >= 0.3 is 0 Å². The number of aryl methyl sites for hydroxylation is 2. The normalized spacial score (nSPS) is 11.7. The third-order valence-corrected chi connectivity index (χ3v) is 4.92. The number of aromatic nitrogens is 1. The van der Waals surface area contributed by atoms with Gasteiger partial charge in [-0.05, 0) is 63.1 Å². The van der Waals surface area contributed by atoms with Crippen LogP contribution in [0.15, 0.2) is 46.0 Å². The Morgan fingerprint density at radius 3 is 2.65 bits per heavy atom. The molecule has 4 nitrogen and oxygen atoms in total. The molecule has 3 rings (SSSR count). The molecule has 1 heterocycles. The molecule has 0 aliphatic rings. The molecule has 1 aromatic heterocycles. The molecule has 0 fully saturated rings. The van der Waals surface area contributed by atoms with Gasteiger partial charge in [-0.3, -0.25) is 5.43 Å². The molecule has 0 spiro atoms. The van der Waals surface area contributed by atoms with Gasteiger partial charge in [-0.1, -0.05) is 40.5 Å². The minimum Gasteiger partial charge on any atom is -0.360 e. The number of hydrazone groups is 1. The van der Waals surface area contributed by atoms with Crippen molar-refractivity contribution in [2.45, 2.75) is 27.7 Å². The molecule has 1 N–H and O–H groups in total. The molecular formula is C20H19Cl2N3O. The van der Waals surface area contributed by atoms with E-state index in [1.165, 1.54) is 5.56 Å². The highest BCUT2D eigenvalue weighted by atomic mass is 35.5. The zero-order valence-electron chi connectivity index (χ0n) is 15.0. The first-order valence-electron chi connectivity index (χ1n) is 8.17. The molecule has 6 heteroatoms. The summed E-state index contributed by atoms with van der Waals surface area (Å²) >= 11 is 12.5. The van der Waals surface area contributed by atoms with Gasteiger partial charge in [0.15, 0.2) is 0 Å². The van der Waals surface area contributed by atoms with E-state index < -0.39 is 0 Å². The van der Waals surface area contributed by atoms with Crippen molar-refractivity contribution in [3.05, 3.63) is 68.9 Å². The number of nitrogens with zero attached hydrogens (tertiary/aromatic N) is 2. The van der Waals surface area contributed by atoms with Crippen LogP contribution in [0.25, 0.3) is 11.3 Å². The summed E-state index contributed by atoms with van der Waals surface area (Å²) in [6.07, 6.45) is 0. The average Bonchev–Trinajstić information content (AvgIpc) is 2.99. The number of anilines is 1. The summed E-state index contributed by atoms with van der Waals surface area (Å²) in [6.45, 7) is 7.88. The number of halogens is 2. The molecule has 0 saturated heterocycles. The average molecular weight is 388 g/mol. The summed E-state index contributed by atoms with van der Waals surface area (Å²) in [5, 5.41) is 9.83. The van der Waals surface area contributed by atoms with Crippen LogP contribution in [0.4, 0.5) is 5.69 Å². The fourth-order valence-corrected chi connectivity index (χ4v) is 3.11. The number of nitrogens with one attached hydrogen (secondary N) is 1. The van der Waals surface area contributed by atoms with Crippen LogP contribution in [-0.2, 0) is 0 Å². The largest absolute Gasteiger partial charge is 0.360 e. The zero-order chi connectivity index (χ0) is 18.8. The van der Waals surface area contributed by atoms with Crippen molar-refractivity contribution < 1.29 is 4.52 Å². The number of rotatable bonds is 4. The molecule has 0 saturated carbocycles. The summed E-state index contributed by atoms with van der Waals surface area (Å²) in [5.41, 5.74) is 9.34. The topological polar surface area (TPSA) is 50.4 Å². The third-order valence-electron chi connectivity index (χ3n) is 4.36. The fourth-order valence-electron chi connectivity index (χ4n) is 2.73. The highest BCUT2D eigenvalue weighted by molar-refractivity contribution is 6.35. The molecule has 3 aromatic rings. The predicted molar refractivity (Wildman–Crippen MR) is 108 cm³/mol. The standard InChI is InChI=1S/C20H19Cl2N3O/c1-11-6-5-7-18(12(11)2)24-23-13(3)19-14(4)26-25-20(19)16-10-15(21)8-9-17(16)22/h5-10,24H,1-4H3/b23-13-. The van der Waals surface area contributed by atoms with Gasteiger partial charge in [0.1, 0.15) is 11.5 Å². The molecule has 26 heavy (non-hydrogen) atoms. The smallest absolute Gasteiger partial charge is 0.143 e. The van der Waals surface area contributed by atoms with Crippen molar-refractivity contribution in [1.29, 1.82) is 0 Å². The van der Waals surface area contributed by atoms with Crippen molar-refractivity contribution in [3.63, 3.8) is 0 Å². The first kappa shape index (κ1) is 18.5. The monoisotopic (exact) mass is 387 g/mol. The predicted octanol–water partition coefficient (Wildman–Crippen LogP) is 6.41. The Kier molecular flexibility index (Phi) is 5.35. The second kappa shape index (κ2) is 7.52. The van der Waals surface area contributed by atoms with Gasteiger partial charge in [-0.25, -0.2) is 0 Å². The first-order valence-corrected chi connectivity index (χ1v) is 8.92. The Bertz CT molecular complexity index is 993. The van der Waals surface area contributed by atoms with E-state index >= 15 is 0 Å². The molecule has 0 bridgehead atoms. The molecule has 0 amide bonds. The van der Waals surface area contributed by atoms with Crippen LogP contribution >= 0.6 is 23.2 Å². The maximum Gasteiger partial charge on any atom is 0.143 e. The first-order chi connectivity index (χ1) is 12.4. The minimum atomic E-state index is 0.555. The van der Waals surface area contributed by atoms with Gasteiger partial charge in [-0.15, -0.1) is 0 Å². The van der Waals surface area contributed by atoms with Crippen LogP contribution in [0.3, 0.4) is 0 Å². The quantitative estimate of drug-likeness (QED) is 0.415. The van der Waals surface area contributed by atoms with Crippen LogP contribution in [0.2, 0.25) is 10.0 Å². The van der Waals surface area contributed by atoms with Crippen LogP contribution in [0.5, 0.6) is 0 Å². The van der Waals surface area contributed by atoms with E-state index in [0.717, 1.165) is 22.5 Å². The number of benzene rings is 2. The highest BCUT2D eigenvalue weighted by Gasteiger charge is 2.20.